The Morgan fingerprint density at radius 1 is 1.46 bits per heavy atom. The lowest BCUT2D eigenvalue weighted by atomic mass is 10.3. The van der Waals surface area contributed by atoms with E-state index in [1.54, 1.807) is 0 Å². The molecule has 0 radical (unpaired) electrons. The van der Waals surface area contributed by atoms with Gasteiger partial charge < -0.3 is 9.84 Å². The second-order valence-electron chi connectivity index (χ2n) is 4.06. The predicted octanol–water partition coefficient (Wildman–Crippen LogP) is 1.16. The number of aromatic nitrogens is 2. The summed E-state index contributed by atoms with van der Waals surface area (Å²) in [5.74, 6) is 2.29. The molecule has 0 bridgehead atoms. The topological polar surface area (TPSA) is 51.0 Å². The van der Waals surface area contributed by atoms with Gasteiger partial charge in [-0.1, -0.05) is 5.16 Å². The zero-order chi connectivity index (χ0) is 8.89. The standard InChI is InChI=1S/C9H13N3O/c1-10-9(4-5-9)8-11-7(12-13-8)6-2-3-6/h6,10H,2-5H2,1H3. The van der Waals surface area contributed by atoms with E-state index in [1.165, 1.54) is 12.8 Å². The van der Waals surface area contributed by atoms with Crippen LogP contribution in [0.25, 0.3) is 0 Å². The molecule has 70 valence electrons. The van der Waals surface area contributed by atoms with Crippen LogP contribution >= 0.6 is 0 Å². The van der Waals surface area contributed by atoms with Crippen molar-refractivity contribution in [2.45, 2.75) is 37.1 Å². The molecule has 13 heavy (non-hydrogen) atoms. The molecule has 1 N–H and O–H groups in total. The molecule has 0 unspecified atom stereocenters. The molecule has 4 nitrogen and oxygen atoms in total. The lowest BCUT2D eigenvalue weighted by Crippen LogP contribution is -2.24. The Bertz CT molecular complexity index is 325. The van der Waals surface area contributed by atoms with Gasteiger partial charge in [0.05, 0.1) is 5.54 Å². The lowest BCUT2D eigenvalue weighted by Gasteiger charge is -2.05. The van der Waals surface area contributed by atoms with Crippen molar-refractivity contribution in [1.29, 1.82) is 0 Å². The Morgan fingerprint density at radius 2 is 2.23 bits per heavy atom. The molecule has 0 saturated heterocycles. The quantitative estimate of drug-likeness (QED) is 0.756. The zero-order valence-electron chi connectivity index (χ0n) is 7.71. The molecule has 1 heterocycles. The Labute approximate surface area is 76.7 Å². The van der Waals surface area contributed by atoms with E-state index in [0.717, 1.165) is 24.6 Å². The second-order valence-corrected chi connectivity index (χ2v) is 4.06. The van der Waals surface area contributed by atoms with E-state index in [4.69, 9.17) is 4.52 Å². The van der Waals surface area contributed by atoms with Crippen molar-refractivity contribution in [3.05, 3.63) is 11.7 Å². The largest absolute Gasteiger partial charge is 0.337 e. The van der Waals surface area contributed by atoms with E-state index in [2.05, 4.69) is 15.5 Å². The number of nitrogens with zero attached hydrogens (tertiary/aromatic N) is 2. The minimum Gasteiger partial charge on any atom is -0.337 e. The van der Waals surface area contributed by atoms with Crippen molar-refractivity contribution >= 4 is 0 Å². The highest BCUT2D eigenvalue weighted by Crippen LogP contribution is 2.45. The first-order chi connectivity index (χ1) is 6.34. The highest BCUT2D eigenvalue weighted by Gasteiger charge is 2.48. The van der Waals surface area contributed by atoms with Gasteiger partial charge in [0.25, 0.3) is 0 Å². The molecule has 3 rings (SSSR count). The van der Waals surface area contributed by atoms with Gasteiger partial charge in [0.1, 0.15) is 0 Å². The maximum Gasteiger partial charge on any atom is 0.246 e. The van der Waals surface area contributed by atoms with E-state index in [-0.39, 0.29) is 5.54 Å². The van der Waals surface area contributed by atoms with Gasteiger partial charge in [-0.2, -0.15) is 4.98 Å². The summed E-state index contributed by atoms with van der Waals surface area (Å²) in [5.41, 5.74) is 0.0279. The monoisotopic (exact) mass is 179 g/mol. The number of rotatable bonds is 3. The molecule has 0 amide bonds. The zero-order valence-corrected chi connectivity index (χ0v) is 7.71. The molecule has 2 aliphatic carbocycles. The number of hydrogen-bond donors (Lipinski definition) is 1. The van der Waals surface area contributed by atoms with Crippen molar-refractivity contribution in [3.63, 3.8) is 0 Å². The first kappa shape index (κ1) is 7.50. The molecular formula is C9H13N3O. The summed E-state index contributed by atoms with van der Waals surface area (Å²) in [6.45, 7) is 0. The third-order valence-electron chi connectivity index (χ3n) is 3.02. The van der Waals surface area contributed by atoms with Crippen LogP contribution in [0.2, 0.25) is 0 Å². The van der Waals surface area contributed by atoms with E-state index in [9.17, 15) is 0 Å². The number of hydrogen-bond acceptors (Lipinski definition) is 4. The summed E-state index contributed by atoms with van der Waals surface area (Å²) >= 11 is 0. The van der Waals surface area contributed by atoms with Crippen LogP contribution < -0.4 is 5.32 Å². The van der Waals surface area contributed by atoms with E-state index >= 15 is 0 Å². The van der Waals surface area contributed by atoms with Crippen LogP contribution in [0, 0.1) is 0 Å². The van der Waals surface area contributed by atoms with Gasteiger partial charge >= 0.3 is 0 Å². The molecule has 2 fully saturated rings. The summed E-state index contributed by atoms with van der Waals surface area (Å²) in [5, 5.41) is 7.25. The molecule has 0 spiro atoms. The Hall–Kier alpha value is -0.900. The summed E-state index contributed by atoms with van der Waals surface area (Å²) in [7, 11) is 1.95. The fourth-order valence-electron chi connectivity index (χ4n) is 1.63. The smallest absolute Gasteiger partial charge is 0.246 e. The molecule has 2 aliphatic rings. The van der Waals surface area contributed by atoms with Crippen molar-refractivity contribution in [1.82, 2.24) is 15.5 Å². The normalized spacial score (nSPS) is 24.7. The first-order valence-electron chi connectivity index (χ1n) is 4.87. The lowest BCUT2D eigenvalue weighted by molar-refractivity contribution is 0.325. The van der Waals surface area contributed by atoms with Crippen LogP contribution in [0.5, 0.6) is 0 Å². The molecule has 0 aromatic carbocycles. The van der Waals surface area contributed by atoms with Crippen LogP contribution in [-0.2, 0) is 5.54 Å². The summed E-state index contributed by atoms with van der Waals surface area (Å²) in [6, 6.07) is 0. The van der Waals surface area contributed by atoms with Gasteiger partial charge in [0.15, 0.2) is 5.82 Å². The van der Waals surface area contributed by atoms with Gasteiger partial charge in [-0.05, 0) is 32.7 Å². The van der Waals surface area contributed by atoms with E-state index in [0.29, 0.717) is 5.92 Å². The minimum absolute atomic E-state index is 0.0279. The van der Waals surface area contributed by atoms with Crippen molar-refractivity contribution in [2.75, 3.05) is 7.05 Å². The average Bonchev–Trinajstić information content (AvgIpc) is 3.07. The highest BCUT2D eigenvalue weighted by atomic mass is 16.5. The van der Waals surface area contributed by atoms with Gasteiger partial charge in [0.2, 0.25) is 5.89 Å². The first-order valence-corrected chi connectivity index (χ1v) is 4.87. The van der Waals surface area contributed by atoms with Gasteiger partial charge in [-0.25, -0.2) is 0 Å². The summed E-state index contributed by atoms with van der Waals surface area (Å²) in [6.07, 6.45) is 4.70. The van der Waals surface area contributed by atoms with Gasteiger partial charge in [-0.15, -0.1) is 0 Å². The molecule has 1 aromatic rings. The third-order valence-corrected chi connectivity index (χ3v) is 3.02. The minimum atomic E-state index is 0.0279. The fraction of sp³-hybridized carbons (Fsp3) is 0.778. The van der Waals surface area contributed by atoms with Gasteiger partial charge in [0, 0.05) is 5.92 Å². The predicted molar refractivity (Wildman–Crippen MR) is 46.2 cm³/mol. The van der Waals surface area contributed by atoms with Crippen molar-refractivity contribution in [2.24, 2.45) is 0 Å². The molecule has 0 atom stereocenters. The summed E-state index contributed by atoms with van der Waals surface area (Å²) in [4.78, 5) is 4.44. The molecule has 4 heteroatoms. The van der Waals surface area contributed by atoms with Crippen molar-refractivity contribution < 1.29 is 4.52 Å². The third kappa shape index (κ3) is 1.09. The maximum absolute atomic E-state index is 5.26. The van der Waals surface area contributed by atoms with Gasteiger partial charge in [-0.3, -0.25) is 0 Å². The maximum atomic E-state index is 5.26. The Kier molecular flexibility index (Phi) is 1.34. The summed E-state index contributed by atoms with van der Waals surface area (Å²) < 4.78 is 5.26. The van der Waals surface area contributed by atoms with Crippen LogP contribution in [0.3, 0.4) is 0 Å². The second kappa shape index (κ2) is 2.32. The molecule has 1 aromatic heterocycles. The van der Waals surface area contributed by atoms with Crippen molar-refractivity contribution in [3.8, 4) is 0 Å². The molecular weight excluding hydrogens is 166 g/mol. The van der Waals surface area contributed by atoms with Crippen LogP contribution in [0.1, 0.15) is 43.3 Å². The van der Waals surface area contributed by atoms with E-state index < -0.39 is 0 Å². The van der Waals surface area contributed by atoms with Crippen LogP contribution in [0.4, 0.5) is 0 Å². The fourth-order valence-corrected chi connectivity index (χ4v) is 1.63. The van der Waals surface area contributed by atoms with E-state index in [1.807, 2.05) is 7.05 Å². The van der Waals surface area contributed by atoms with Crippen LogP contribution in [0.15, 0.2) is 4.52 Å². The van der Waals surface area contributed by atoms with Crippen LogP contribution in [-0.4, -0.2) is 17.2 Å². The Balaban J connectivity index is 1.88. The molecule has 0 aliphatic heterocycles. The SMILES string of the molecule is CNC1(c2nc(C3CC3)no2)CC1. The average molecular weight is 179 g/mol. The highest BCUT2D eigenvalue weighted by molar-refractivity contribution is 5.15. The molecule has 2 saturated carbocycles. The Morgan fingerprint density at radius 3 is 2.77 bits per heavy atom. The number of nitrogens with one attached hydrogen (secondary N) is 1.